The molecule has 4 heterocycles. The number of carbonyl (C=O) groups is 4. The Hall–Kier alpha value is -8.97. The molecule has 0 aliphatic heterocycles. The number of esters is 4. The van der Waals surface area contributed by atoms with Crippen LogP contribution in [-0.4, -0.2) is 72.3 Å². The number of aromatic nitrogens is 4. The topological polar surface area (TPSA) is 249 Å². The van der Waals surface area contributed by atoms with Gasteiger partial charge in [0.1, 0.15) is 0 Å². The molecule has 0 fully saturated rings. The first-order valence-electron chi connectivity index (χ1n) is 22.2. The molecule has 9 rings (SSSR count). The Kier molecular flexibility index (Phi) is 42.6. The van der Waals surface area contributed by atoms with Gasteiger partial charge in [-0.3, -0.25) is 19.9 Å². The fourth-order valence-electron chi connectivity index (χ4n) is 4.77. The number of pyridine rings is 4. The van der Waals surface area contributed by atoms with Crippen LogP contribution in [0.1, 0.15) is 47.0 Å². The molecule has 0 spiro atoms. The summed E-state index contributed by atoms with van der Waals surface area (Å²) < 4.78 is 17.5. The minimum Gasteiger partial charge on any atom is -0.872 e. The molecule has 0 atom stereocenters. The van der Waals surface area contributed by atoms with Crippen LogP contribution in [0.3, 0.4) is 0 Å². The minimum atomic E-state index is -0.587. The fourth-order valence-corrected chi connectivity index (χ4v) is 4.77. The third-order valence-electron chi connectivity index (χ3n) is 8.38. The third-order valence-corrected chi connectivity index (χ3v) is 8.38. The maximum Gasteiger partial charge on any atom is 2.00 e. The summed E-state index contributed by atoms with van der Waals surface area (Å²) in [6.45, 7) is 2.08. The summed E-state index contributed by atoms with van der Waals surface area (Å²) in [5.41, 5.74) is 1.64. The van der Waals surface area contributed by atoms with Gasteiger partial charge in [0.25, 0.3) is 0 Å². The van der Waals surface area contributed by atoms with Crippen molar-refractivity contribution in [3.63, 3.8) is 0 Å². The smallest absolute Gasteiger partial charge is 0.872 e. The van der Waals surface area contributed by atoms with Gasteiger partial charge in [-0.05, 0) is 79.7 Å². The van der Waals surface area contributed by atoms with Crippen LogP contribution < -0.4 is 20.4 Å². The molecular weight excluding hydrogens is 1090 g/mol. The largest absolute Gasteiger partial charge is 2.00 e. The van der Waals surface area contributed by atoms with Crippen molar-refractivity contribution >= 4 is 23.9 Å². The van der Waals surface area contributed by atoms with Crippen LogP contribution in [0.15, 0.2) is 250 Å². The minimum absolute atomic E-state index is 0. The van der Waals surface area contributed by atoms with Crippen molar-refractivity contribution in [1.82, 2.24) is 19.9 Å². The van der Waals surface area contributed by atoms with Crippen molar-refractivity contribution in [3.05, 3.63) is 278 Å². The average Bonchev–Trinajstić information content (AvgIpc) is 3.48. The van der Waals surface area contributed by atoms with Crippen LogP contribution in [-0.2, 0) is 57.9 Å². The number of nitrogens with zero attached hydrogens (tertiary/aromatic N) is 4. The quantitative estimate of drug-likeness (QED) is 0.0910. The van der Waals surface area contributed by atoms with Crippen LogP contribution in [0.25, 0.3) is 0 Å². The van der Waals surface area contributed by atoms with Gasteiger partial charge in [-0.15, -0.1) is 0 Å². The molecule has 0 bridgehead atoms. The molecule has 0 saturated heterocycles. The zero-order valence-electron chi connectivity index (χ0n) is 43.3. The molecule has 388 valence electrons. The van der Waals surface area contributed by atoms with E-state index in [0.29, 0.717) is 0 Å². The van der Waals surface area contributed by atoms with E-state index in [1.807, 2.05) is 91.0 Å². The van der Waals surface area contributed by atoms with Gasteiger partial charge >= 0.3 is 62.8 Å². The molecule has 0 unspecified atom stereocenters. The molecule has 5 aromatic carbocycles. The standard InChI is InChI=1S/4C8H8O3.C7H8.4C5H5N.2Zn/c4*1-11-8(10)6-4-2-3-5-7(6)9;1-7-5-3-2-4-6-7;4*1-2-4-6-5-3-1;;/h4*2-5,9H,1H3;2-6H,1H3;4*1-5H;;/q;;;;;;;;;2*+2/p-4. The molecule has 0 saturated carbocycles. The molecular formula is C59H56N4O12Zn2. The molecule has 0 N–H and O–H groups in total. The van der Waals surface area contributed by atoms with Crippen molar-refractivity contribution < 1.29 is 97.5 Å². The second kappa shape index (κ2) is 46.8. The van der Waals surface area contributed by atoms with E-state index in [2.05, 4.69) is 57.9 Å². The van der Waals surface area contributed by atoms with Crippen molar-refractivity contribution in [2.24, 2.45) is 0 Å². The molecule has 4 aromatic heterocycles. The molecule has 0 aliphatic carbocycles. The average molecular weight is 1140 g/mol. The van der Waals surface area contributed by atoms with Gasteiger partial charge in [0.05, 0.1) is 50.7 Å². The Labute approximate surface area is 474 Å². The Bertz CT molecular complexity index is 2400. The van der Waals surface area contributed by atoms with Crippen LogP contribution in [0.4, 0.5) is 0 Å². The summed E-state index contributed by atoms with van der Waals surface area (Å²) in [5, 5.41) is 43.7. The first kappa shape index (κ1) is 70.1. The molecule has 18 heteroatoms. The van der Waals surface area contributed by atoms with E-state index >= 15 is 0 Å². The zero-order valence-corrected chi connectivity index (χ0v) is 49.2. The number of aryl methyl sites for hydroxylation is 1. The van der Waals surface area contributed by atoms with E-state index < -0.39 is 23.9 Å². The first-order valence-corrected chi connectivity index (χ1v) is 22.2. The molecule has 0 aliphatic rings. The van der Waals surface area contributed by atoms with Gasteiger partial charge in [0.15, 0.2) is 0 Å². The van der Waals surface area contributed by atoms with Gasteiger partial charge in [-0.2, -0.15) is 0 Å². The molecule has 0 amide bonds. The number of methoxy groups -OCH3 is 4. The van der Waals surface area contributed by atoms with Crippen LogP contribution >= 0.6 is 0 Å². The summed E-state index contributed by atoms with van der Waals surface area (Å²) in [7, 11) is 4.98. The van der Waals surface area contributed by atoms with Crippen LogP contribution in [0, 0.1) is 6.92 Å². The van der Waals surface area contributed by atoms with Crippen molar-refractivity contribution in [3.8, 4) is 23.0 Å². The SMILES string of the molecule is COC(=O)c1ccccc1[O-].COC(=O)c1ccccc1[O-].COC(=O)c1ccccc1[O-].COC(=O)c1ccccc1[O-].Cc1ccccc1.[Zn+2].[Zn+2].c1ccncc1.c1ccncc1.c1ccncc1.c1ccncc1. The van der Waals surface area contributed by atoms with Crippen molar-refractivity contribution in [2.45, 2.75) is 6.92 Å². The van der Waals surface area contributed by atoms with Gasteiger partial charge in [-0.1, -0.05) is 156 Å². The number of benzene rings is 5. The summed E-state index contributed by atoms with van der Waals surface area (Å²) in [5.74, 6) is -3.57. The summed E-state index contributed by atoms with van der Waals surface area (Å²) >= 11 is 0. The summed E-state index contributed by atoms with van der Waals surface area (Å²) in [4.78, 5) is 58.4. The predicted molar refractivity (Wildman–Crippen MR) is 277 cm³/mol. The normalized spacial score (nSPS) is 8.53. The number of para-hydroxylation sites is 4. The van der Waals surface area contributed by atoms with Crippen molar-refractivity contribution in [2.75, 3.05) is 28.4 Å². The Morgan fingerprint density at radius 3 is 0.571 bits per heavy atom. The van der Waals surface area contributed by atoms with E-state index in [-0.39, 0.29) is 84.2 Å². The number of carbonyl (C=O) groups excluding carboxylic acids is 4. The number of hydrogen-bond donors (Lipinski definition) is 0. The number of hydrogen-bond acceptors (Lipinski definition) is 16. The Balaban J connectivity index is 0. The Morgan fingerprint density at radius 2 is 0.455 bits per heavy atom. The first-order chi connectivity index (χ1) is 36.4. The monoisotopic (exact) mass is 1140 g/mol. The fraction of sp³-hybridized carbons (Fsp3) is 0.0847. The number of ether oxygens (including phenoxy) is 4. The molecule has 0 radical (unpaired) electrons. The Morgan fingerprint density at radius 1 is 0.286 bits per heavy atom. The second-order valence-corrected chi connectivity index (χ2v) is 13.7. The second-order valence-electron chi connectivity index (χ2n) is 13.7. The summed E-state index contributed by atoms with van der Waals surface area (Å²) in [6, 6.07) is 57.0. The molecule has 9 aromatic rings. The summed E-state index contributed by atoms with van der Waals surface area (Å²) in [6.07, 6.45) is 14.0. The van der Waals surface area contributed by atoms with Gasteiger partial charge < -0.3 is 39.4 Å². The predicted octanol–water partition coefficient (Wildman–Crippen LogP) is 8.50. The van der Waals surface area contributed by atoms with E-state index in [0.717, 1.165) is 0 Å². The van der Waals surface area contributed by atoms with Gasteiger partial charge in [0.2, 0.25) is 0 Å². The van der Waals surface area contributed by atoms with Crippen molar-refractivity contribution in [1.29, 1.82) is 0 Å². The van der Waals surface area contributed by atoms with Crippen LogP contribution in [0.2, 0.25) is 0 Å². The van der Waals surface area contributed by atoms with E-state index in [4.69, 9.17) is 0 Å². The van der Waals surface area contributed by atoms with Crippen LogP contribution in [0.5, 0.6) is 23.0 Å². The van der Waals surface area contributed by atoms with E-state index in [1.165, 1.54) is 82.5 Å². The molecule has 77 heavy (non-hydrogen) atoms. The molecule has 16 nitrogen and oxygen atoms in total. The maximum absolute atomic E-state index is 10.9. The third kappa shape index (κ3) is 34.2. The zero-order chi connectivity index (χ0) is 55.2. The van der Waals surface area contributed by atoms with Gasteiger partial charge in [0, 0.05) is 49.6 Å². The number of rotatable bonds is 4. The van der Waals surface area contributed by atoms with E-state index in [9.17, 15) is 39.6 Å². The van der Waals surface area contributed by atoms with E-state index in [1.54, 1.807) is 98.1 Å². The maximum atomic E-state index is 10.9. The van der Waals surface area contributed by atoms with Gasteiger partial charge in [-0.25, -0.2) is 19.2 Å².